The van der Waals surface area contributed by atoms with Gasteiger partial charge < -0.3 is 0 Å². The third-order valence-corrected chi connectivity index (χ3v) is 0. The van der Waals surface area contributed by atoms with Crippen LogP contribution in [0.15, 0.2) is 0 Å². The topological polar surface area (TPSA) is 0 Å². The Balaban J connectivity index is -0.000000000833. The summed E-state index contributed by atoms with van der Waals surface area (Å²) in [5.41, 5.74) is 0. The standard InChI is InChI=1S/CH2S.4CH4/c1-2;;;;/h1H2;4*1H4. The molecule has 0 amide bonds. The SMILES string of the molecule is C.C.C.C.C=S. The van der Waals surface area contributed by atoms with Gasteiger partial charge in [-0.2, -0.15) is 0 Å². The minimum Gasteiger partial charge on any atom is -0.0973 e. The Morgan fingerprint density at radius 1 is 0.667 bits per heavy atom. The molecule has 0 heterocycles. The Morgan fingerprint density at radius 2 is 0.667 bits per heavy atom. The number of rotatable bonds is 0. The highest BCUT2D eigenvalue weighted by Gasteiger charge is 0.642. The Labute approximate surface area is 48.6 Å². The van der Waals surface area contributed by atoms with E-state index in [1.807, 2.05) is 0 Å². The van der Waals surface area contributed by atoms with Crippen molar-refractivity contribution >= 4 is 18.1 Å². The first-order valence-corrected chi connectivity index (χ1v) is 0.866. The van der Waals surface area contributed by atoms with Gasteiger partial charge in [-0.15, -0.1) is 0 Å². The molecule has 0 rings (SSSR count). The molecule has 0 spiro atoms. The zero-order chi connectivity index (χ0) is 2.00. The van der Waals surface area contributed by atoms with E-state index < -0.39 is 0 Å². The fourth-order valence-electron chi connectivity index (χ4n) is 0. The van der Waals surface area contributed by atoms with Crippen LogP contribution in [0.4, 0.5) is 0 Å². The lowest BCUT2D eigenvalue weighted by Crippen LogP contribution is -0.660. The zero-order valence-electron chi connectivity index (χ0n) is 1.12. The minimum atomic E-state index is 0. The molecule has 0 fully saturated rings. The molecule has 0 bridgehead atoms. The van der Waals surface area contributed by atoms with Crippen LogP contribution in [0, 0.1) is 0 Å². The normalized spacial score (nSPS) is 0.667. The van der Waals surface area contributed by atoms with Gasteiger partial charge in [0.25, 0.3) is 0 Å². The molecule has 0 unspecified atom stereocenters. The molecule has 0 aliphatic carbocycles. The Hall–Kier alpha value is 0.0900. The molecule has 0 N–H and O–H groups in total. The van der Waals surface area contributed by atoms with Gasteiger partial charge >= 0.3 is 0 Å². The predicted octanol–water partition coefficient (Wildman–Crippen LogP) is 3.16. The lowest BCUT2D eigenvalue weighted by molar-refractivity contribution is 2.50. The number of thiocarbonyl (C=S) groups is 1. The summed E-state index contributed by atoms with van der Waals surface area (Å²) in [5.74, 6) is 2.83. The van der Waals surface area contributed by atoms with Gasteiger partial charge in [-0.1, -0.05) is 41.9 Å². The Morgan fingerprint density at radius 3 is 0.667 bits per heavy atom. The van der Waals surface area contributed by atoms with Crippen molar-refractivity contribution in [3.63, 3.8) is 0 Å². The van der Waals surface area contributed by atoms with Crippen LogP contribution in [-0.2, 0) is 0 Å². The van der Waals surface area contributed by atoms with Crippen LogP contribution in [-0.4, -0.2) is 5.87 Å². The predicted molar refractivity (Wildman–Crippen MR) is 41.6 cm³/mol. The summed E-state index contributed by atoms with van der Waals surface area (Å²) < 4.78 is 0. The van der Waals surface area contributed by atoms with Gasteiger partial charge in [0.15, 0.2) is 0 Å². The second-order valence-electron chi connectivity index (χ2n) is 0. The molecule has 0 nitrogen and oxygen atoms in total. The van der Waals surface area contributed by atoms with E-state index in [9.17, 15) is 0 Å². The molecule has 0 saturated heterocycles. The summed E-state index contributed by atoms with van der Waals surface area (Å²) in [7, 11) is 0. The van der Waals surface area contributed by atoms with Crippen molar-refractivity contribution in [1.82, 2.24) is 0 Å². The maximum absolute atomic E-state index is 3.83. The maximum atomic E-state index is 3.83. The van der Waals surface area contributed by atoms with Crippen LogP contribution in [0.3, 0.4) is 0 Å². The lowest BCUT2D eigenvalue weighted by atomic mass is 12.0. The van der Waals surface area contributed by atoms with Crippen molar-refractivity contribution in [2.75, 3.05) is 0 Å². The molecule has 0 aliphatic rings. The molecular weight excluding hydrogens is 92.1 g/mol. The molecule has 0 aromatic heterocycles. The molecule has 1 heteroatoms. The van der Waals surface area contributed by atoms with Crippen molar-refractivity contribution < 1.29 is 0 Å². The summed E-state index contributed by atoms with van der Waals surface area (Å²) in [6.07, 6.45) is 0. The summed E-state index contributed by atoms with van der Waals surface area (Å²) in [5, 5.41) is 0. The van der Waals surface area contributed by atoms with E-state index in [0.717, 1.165) is 0 Å². The quantitative estimate of drug-likeness (QED) is 0.432. The summed E-state index contributed by atoms with van der Waals surface area (Å²) in [6.45, 7) is 0. The first-order valence-electron chi connectivity index (χ1n) is 0.289. The summed E-state index contributed by atoms with van der Waals surface area (Å²) in [6, 6.07) is 0. The van der Waals surface area contributed by atoms with Gasteiger partial charge in [-0.05, 0) is 5.87 Å². The molecule has 0 atom stereocenters. The molecule has 0 aliphatic heterocycles. The van der Waals surface area contributed by atoms with Crippen molar-refractivity contribution in [2.45, 2.75) is 29.7 Å². The highest BCUT2D eigenvalue weighted by atomic mass is 32.1. The van der Waals surface area contributed by atoms with Gasteiger partial charge in [0, 0.05) is 0 Å². The average Bonchev–Trinajstić information content (AvgIpc) is 1.00. The van der Waals surface area contributed by atoms with Crippen LogP contribution >= 0.6 is 12.2 Å². The second kappa shape index (κ2) is 10500. The first-order chi connectivity index (χ1) is 1.00. The largest absolute Gasteiger partial charge is 0.0973 e. The maximum Gasteiger partial charge on any atom is -0.0351 e. The minimum absolute atomic E-state index is 0. The molecular formula is C5H18S. The van der Waals surface area contributed by atoms with E-state index in [-0.39, 0.29) is 29.7 Å². The molecule has 0 saturated carbocycles. The second-order valence-corrected chi connectivity index (χ2v) is 0. The summed E-state index contributed by atoms with van der Waals surface area (Å²) in [4.78, 5) is 0. The van der Waals surface area contributed by atoms with Crippen LogP contribution in [0.1, 0.15) is 29.7 Å². The Kier molecular flexibility index (Phi) is 233000. The first kappa shape index (κ1) is 133. The van der Waals surface area contributed by atoms with Crippen molar-refractivity contribution in [3.8, 4) is 0 Å². The van der Waals surface area contributed by atoms with E-state index >= 15 is 0 Å². The zero-order valence-corrected chi connectivity index (χ0v) is 1.93. The third-order valence-electron chi connectivity index (χ3n) is 0. The van der Waals surface area contributed by atoms with Gasteiger partial charge in [0.2, 0.25) is 0 Å². The van der Waals surface area contributed by atoms with Gasteiger partial charge in [-0.3, -0.25) is 0 Å². The van der Waals surface area contributed by atoms with Gasteiger partial charge in [-0.25, -0.2) is 0 Å². The number of hydrogen-bond donors (Lipinski definition) is 0. The van der Waals surface area contributed by atoms with Crippen LogP contribution in [0.25, 0.3) is 0 Å². The fourth-order valence-corrected chi connectivity index (χ4v) is 0. The van der Waals surface area contributed by atoms with E-state index in [4.69, 9.17) is 0 Å². The van der Waals surface area contributed by atoms with E-state index in [1.165, 1.54) is 0 Å². The van der Waals surface area contributed by atoms with Crippen molar-refractivity contribution in [1.29, 1.82) is 0 Å². The molecule has 0 aromatic rings. The summed E-state index contributed by atoms with van der Waals surface area (Å²) >= 11 is 3.83. The average molecular weight is 110 g/mol. The highest BCUT2D eigenvalue weighted by molar-refractivity contribution is 7.77. The molecule has 44 valence electrons. The van der Waals surface area contributed by atoms with Crippen molar-refractivity contribution in [3.05, 3.63) is 0 Å². The van der Waals surface area contributed by atoms with Gasteiger partial charge in [0.05, 0.1) is 0 Å². The number of hydrogen-bond acceptors (Lipinski definition) is 1. The van der Waals surface area contributed by atoms with Crippen LogP contribution in [0.5, 0.6) is 0 Å². The lowest BCUT2D eigenvalue weighted by Gasteiger charge is -0.774. The van der Waals surface area contributed by atoms with Gasteiger partial charge in [0.1, 0.15) is 0 Å². The molecule has 0 aromatic carbocycles. The Bertz CT molecular complexity index is 3.90. The highest BCUT2D eigenvalue weighted by Crippen LogP contribution is 1.03. The van der Waals surface area contributed by atoms with E-state index in [1.54, 1.807) is 0 Å². The smallest absolute Gasteiger partial charge is 0.0351 e. The monoisotopic (exact) mass is 110 g/mol. The van der Waals surface area contributed by atoms with Crippen LogP contribution < -0.4 is 0 Å². The van der Waals surface area contributed by atoms with Crippen LogP contribution in [0.2, 0.25) is 0 Å². The molecule has 0 radical (unpaired) electrons. The van der Waals surface area contributed by atoms with Crippen molar-refractivity contribution in [2.24, 2.45) is 0 Å². The fraction of sp³-hybridized carbons (Fsp3) is 0.800. The third kappa shape index (κ3) is 4820. The van der Waals surface area contributed by atoms with E-state index in [2.05, 4.69) is 18.1 Å². The molecule has 6 heavy (non-hydrogen) atoms. The van der Waals surface area contributed by atoms with E-state index in [0.29, 0.717) is 0 Å².